The zero-order valence-corrected chi connectivity index (χ0v) is 11.8. The van der Waals surface area contributed by atoms with Crippen molar-refractivity contribution in [2.45, 2.75) is 13.8 Å². The van der Waals surface area contributed by atoms with Crippen molar-refractivity contribution in [2.24, 2.45) is 0 Å². The molecule has 0 N–H and O–H groups in total. The summed E-state index contributed by atoms with van der Waals surface area (Å²) in [5.41, 5.74) is 7.34. The standard InChI is InChI=1S/C19H17N/c1-14-7-3-4-8-17(14)16-10-11-18(15(2)13-16)19-9-5-6-12-20-19/h3-13H,1-2H3. The SMILES string of the molecule is Cc1ccccc1-c1ccc(-c2ccccn2)c(C)c1. The van der Waals surface area contributed by atoms with E-state index in [2.05, 4.69) is 67.4 Å². The van der Waals surface area contributed by atoms with Gasteiger partial charge >= 0.3 is 0 Å². The maximum absolute atomic E-state index is 4.43. The van der Waals surface area contributed by atoms with E-state index in [4.69, 9.17) is 0 Å². The zero-order valence-electron chi connectivity index (χ0n) is 11.8. The Labute approximate surface area is 119 Å². The summed E-state index contributed by atoms with van der Waals surface area (Å²) in [6, 6.07) is 21.1. The van der Waals surface area contributed by atoms with E-state index in [0.717, 1.165) is 5.69 Å². The fourth-order valence-electron chi connectivity index (χ4n) is 2.54. The first-order chi connectivity index (χ1) is 9.75. The molecule has 0 bridgehead atoms. The molecule has 1 aromatic heterocycles. The summed E-state index contributed by atoms with van der Waals surface area (Å²) < 4.78 is 0. The van der Waals surface area contributed by atoms with Gasteiger partial charge in [0.05, 0.1) is 5.69 Å². The van der Waals surface area contributed by atoms with Crippen molar-refractivity contribution in [1.82, 2.24) is 4.98 Å². The lowest BCUT2D eigenvalue weighted by atomic mass is 9.96. The van der Waals surface area contributed by atoms with Gasteiger partial charge in [0.15, 0.2) is 0 Å². The molecular weight excluding hydrogens is 242 g/mol. The fourth-order valence-corrected chi connectivity index (χ4v) is 2.54. The maximum Gasteiger partial charge on any atom is 0.0704 e. The van der Waals surface area contributed by atoms with Crippen molar-refractivity contribution < 1.29 is 0 Å². The number of hydrogen-bond acceptors (Lipinski definition) is 1. The summed E-state index contributed by atoms with van der Waals surface area (Å²) in [6.07, 6.45) is 1.84. The number of nitrogens with zero attached hydrogens (tertiary/aromatic N) is 1. The molecule has 0 saturated heterocycles. The summed E-state index contributed by atoms with van der Waals surface area (Å²) in [6.45, 7) is 4.29. The first kappa shape index (κ1) is 12.6. The van der Waals surface area contributed by atoms with Gasteiger partial charge in [-0.2, -0.15) is 0 Å². The Morgan fingerprint density at radius 1 is 0.700 bits per heavy atom. The molecule has 2 aromatic carbocycles. The van der Waals surface area contributed by atoms with E-state index in [1.54, 1.807) is 0 Å². The minimum absolute atomic E-state index is 1.03. The molecule has 0 unspecified atom stereocenters. The molecule has 0 aliphatic carbocycles. The molecule has 0 atom stereocenters. The van der Waals surface area contributed by atoms with Gasteiger partial charge in [-0.15, -0.1) is 0 Å². The predicted octanol–water partition coefficient (Wildman–Crippen LogP) is 5.03. The average molecular weight is 259 g/mol. The molecule has 0 aliphatic heterocycles. The molecule has 0 aliphatic rings. The Morgan fingerprint density at radius 3 is 2.20 bits per heavy atom. The monoisotopic (exact) mass is 259 g/mol. The lowest BCUT2D eigenvalue weighted by Gasteiger charge is -2.10. The van der Waals surface area contributed by atoms with Gasteiger partial charge in [-0.25, -0.2) is 0 Å². The van der Waals surface area contributed by atoms with Crippen LogP contribution in [0.2, 0.25) is 0 Å². The van der Waals surface area contributed by atoms with Crippen LogP contribution < -0.4 is 0 Å². The number of rotatable bonds is 2. The van der Waals surface area contributed by atoms with Crippen LogP contribution in [0.5, 0.6) is 0 Å². The second-order valence-electron chi connectivity index (χ2n) is 5.06. The highest BCUT2D eigenvalue weighted by Gasteiger charge is 2.06. The molecule has 0 saturated carbocycles. The largest absolute Gasteiger partial charge is 0.256 e. The van der Waals surface area contributed by atoms with E-state index in [1.807, 2.05) is 18.3 Å². The van der Waals surface area contributed by atoms with Gasteiger partial charge in [0.2, 0.25) is 0 Å². The molecule has 20 heavy (non-hydrogen) atoms. The van der Waals surface area contributed by atoms with Crippen LogP contribution >= 0.6 is 0 Å². The van der Waals surface area contributed by atoms with E-state index in [-0.39, 0.29) is 0 Å². The third kappa shape index (κ3) is 2.35. The van der Waals surface area contributed by atoms with Crippen LogP contribution in [0.4, 0.5) is 0 Å². The van der Waals surface area contributed by atoms with Crippen molar-refractivity contribution in [3.63, 3.8) is 0 Å². The predicted molar refractivity (Wildman–Crippen MR) is 84.6 cm³/mol. The van der Waals surface area contributed by atoms with Crippen molar-refractivity contribution in [3.8, 4) is 22.4 Å². The summed E-state index contributed by atoms with van der Waals surface area (Å²) >= 11 is 0. The summed E-state index contributed by atoms with van der Waals surface area (Å²) in [7, 11) is 0. The third-order valence-electron chi connectivity index (χ3n) is 3.62. The Balaban J connectivity index is 2.07. The summed E-state index contributed by atoms with van der Waals surface area (Å²) in [4.78, 5) is 4.43. The smallest absolute Gasteiger partial charge is 0.0704 e. The first-order valence-electron chi connectivity index (χ1n) is 6.84. The lowest BCUT2D eigenvalue weighted by molar-refractivity contribution is 1.30. The molecule has 1 heteroatoms. The number of hydrogen-bond donors (Lipinski definition) is 0. The van der Waals surface area contributed by atoms with Gasteiger partial charge in [-0.05, 0) is 48.2 Å². The minimum Gasteiger partial charge on any atom is -0.256 e. The highest BCUT2D eigenvalue weighted by molar-refractivity contribution is 5.73. The topological polar surface area (TPSA) is 12.9 Å². The van der Waals surface area contributed by atoms with Crippen LogP contribution in [0, 0.1) is 13.8 Å². The minimum atomic E-state index is 1.03. The van der Waals surface area contributed by atoms with Gasteiger partial charge in [0.25, 0.3) is 0 Å². The highest BCUT2D eigenvalue weighted by atomic mass is 14.7. The summed E-state index contributed by atoms with van der Waals surface area (Å²) in [5.74, 6) is 0. The van der Waals surface area contributed by atoms with Gasteiger partial charge in [-0.3, -0.25) is 4.98 Å². The van der Waals surface area contributed by atoms with E-state index < -0.39 is 0 Å². The van der Waals surface area contributed by atoms with Gasteiger partial charge in [-0.1, -0.05) is 48.5 Å². The van der Waals surface area contributed by atoms with Crippen molar-refractivity contribution >= 4 is 0 Å². The van der Waals surface area contributed by atoms with E-state index in [1.165, 1.54) is 27.8 Å². The molecule has 0 radical (unpaired) electrons. The number of pyridine rings is 1. The lowest BCUT2D eigenvalue weighted by Crippen LogP contribution is -1.89. The number of aryl methyl sites for hydroxylation is 2. The maximum atomic E-state index is 4.43. The van der Waals surface area contributed by atoms with Crippen LogP contribution in [0.3, 0.4) is 0 Å². The molecular formula is C19H17N. The Morgan fingerprint density at radius 2 is 1.50 bits per heavy atom. The van der Waals surface area contributed by atoms with Gasteiger partial charge < -0.3 is 0 Å². The molecule has 3 aromatic rings. The van der Waals surface area contributed by atoms with Crippen LogP contribution in [0.1, 0.15) is 11.1 Å². The molecule has 1 nitrogen and oxygen atoms in total. The second-order valence-corrected chi connectivity index (χ2v) is 5.06. The van der Waals surface area contributed by atoms with Gasteiger partial charge in [0, 0.05) is 11.8 Å². The molecule has 98 valence electrons. The van der Waals surface area contributed by atoms with E-state index in [9.17, 15) is 0 Å². The molecule has 0 fully saturated rings. The quantitative estimate of drug-likeness (QED) is 0.628. The van der Waals surface area contributed by atoms with Crippen molar-refractivity contribution in [1.29, 1.82) is 0 Å². The van der Waals surface area contributed by atoms with Gasteiger partial charge in [0.1, 0.15) is 0 Å². The summed E-state index contributed by atoms with van der Waals surface area (Å²) in [5, 5.41) is 0. The Bertz CT molecular complexity index is 730. The first-order valence-corrected chi connectivity index (χ1v) is 6.84. The fraction of sp³-hybridized carbons (Fsp3) is 0.105. The van der Waals surface area contributed by atoms with Crippen molar-refractivity contribution in [3.05, 3.63) is 78.0 Å². The van der Waals surface area contributed by atoms with E-state index >= 15 is 0 Å². The normalized spacial score (nSPS) is 10.5. The Hall–Kier alpha value is -2.41. The molecule has 0 spiro atoms. The molecule has 3 rings (SSSR count). The van der Waals surface area contributed by atoms with Crippen LogP contribution in [-0.4, -0.2) is 4.98 Å². The zero-order chi connectivity index (χ0) is 13.9. The Kier molecular flexibility index (Phi) is 3.34. The van der Waals surface area contributed by atoms with Crippen LogP contribution in [0.15, 0.2) is 66.9 Å². The highest BCUT2D eigenvalue weighted by Crippen LogP contribution is 2.28. The number of aromatic nitrogens is 1. The third-order valence-corrected chi connectivity index (χ3v) is 3.62. The van der Waals surface area contributed by atoms with Crippen LogP contribution in [0.25, 0.3) is 22.4 Å². The average Bonchev–Trinajstić information content (AvgIpc) is 2.48. The van der Waals surface area contributed by atoms with Crippen molar-refractivity contribution in [2.75, 3.05) is 0 Å². The second kappa shape index (κ2) is 5.30. The number of benzene rings is 2. The molecule has 0 amide bonds. The van der Waals surface area contributed by atoms with Crippen LogP contribution in [-0.2, 0) is 0 Å². The molecule has 1 heterocycles. The van der Waals surface area contributed by atoms with E-state index in [0.29, 0.717) is 0 Å².